The van der Waals surface area contributed by atoms with E-state index in [9.17, 15) is 4.79 Å². The summed E-state index contributed by atoms with van der Waals surface area (Å²) in [5.41, 5.74) is 6.68. The molecule has 144 valence electrons. The van der Waals surface area contributed by atoms with Crippen molar-refractivity contribution in [2.45, 2.75) is 25.8 Å². The second kappa shape index (κ2) is 7.21. The third-order valence-electron chi connectivity index (χ3n) is 5.60. The van der Waals surface area contributed by atoms with E-state index < -0.39 is 0 Å². The molecule has 1 unspecified atom stereocenters. The number of hydrogen-bond donors (Lipinski definition) is 1. The van der Waals surface area contributed by atoms with Crippen molar-refractivity contribution in [2.24, 2.45) is 0 Å². The SMILES string of the molecule is C#CCOc1c(OC)cc2c3c1-c1cc(NC(C)=O)ccc1CC3N(C)CC2. The van der Waals surface area contributed by atoms with Gasteiger partial charge in [0.2, 0.25) is 5.91 Å². The first-order valence-corrected chi connectivity index (χ1v) is 9.44. The highest BCUT2D eigenvalue weighted by Gasteiger charge is 2.36. The number of hydrogen-bond acceptors (Lipinski definition) is 4. The highest BCUT2D eigenvalue weighted by Crippen LogP contribution is 2.52. The van der Waals surface area contributed by atoms with Crippen LogP contribution in [0.4, 0.5) is 5.69 Å². The van der Waals surface area contributed by atoms with Gasteiger partial charge in [-0.05, 0) is 60.3 Å². The fraction of sp³-hybridized carbons (Fsp3) is 0.348. The van der Waals surface area contributed by atoms with E-state index in [4.69, 9.17) is 15.9 Å². The van der Waals surface area contributed by atoms with Gasteiger partial charge in [0.15, 0.2) is 11.5 Å². The number of carbonyl (C=O) groups excluding carboxylic acids is 1. The van der Waals surface area contributed by atoms with E-state index in [1.807, 2.05) is 12.1 Å². The van der Waals surface area contributed by atoms with Crippen LogP contribution in [0.15, 0.2) is 24.3 Å². The summed E-state index contributed by atoms with van der Waals surface area (Å²) in [6, 6.07) is 8.46. The molecule has 0 saturated heterocycles. The summed E-state index contributed by atoms with van der Waals surface area (Å²) in [6.07, 6.45) is 7.35. The fourth-order valence-corrected chi connectivity index (χ4v) is 4.38. The minimum Gasteiger partial charge on any atom is -0.493 e. The molecule has 0 radical (unpaired) electrons. The van der Waals surface area contributed by atoms with Crippen LogP contribution in [0, 0.1) is 12.3 Å². The van der Waals surface area contributed by atoms with Gasteiger partial charge < -0.3 is 14.8 Å². The summed E-state index contributed by atoms with van der Waals surface area (Å²) in [6.45, 7) is 2.69. The van der Waals surface area contributed by atoms with E-state index in [2.05, 4.69) is 35.3 Å². The van der Waals surface area contributed by atoms with Crippen LogP contribution in [0.5, 0.6) is 11.5 Å². The third-order valence-corrected chi connectivity index (χ3v) is 5.60. The van der Waals surface area contributed by atoms with E-state index in [0.29, 0.717) is 11.5 Å². The number of rotatable bonds is 4. The molecule has 4 rings (SSSR count). The zero-order valence-electron chi connectivity index (χ0n) is 16.5. The number of ether oxygens (including phenoxy) is 2. The first-order valence-electron chi connectivity index (χ1n) is 9.44. The van der Waals surface area contributed by atoms with Crippen LogP contribution >= 0.6 is 0 Å². The Bertz CT molecular complexity index is 990. The predicted octanol–water partition coefficient (Wildman–Crippen LogP) is 3.42. The largest absolute Gasteiger partial charge is 0.493 e. The van der Waals surface area contributed by atoms with Gasteiger partial charge >= 0.3 is 0 Å². The average Bonchev–Trinajstić information content (AvgIpc) is 2.68. The number of methoxy groups -OCH3 is 1. The van der Waals surface area contributed by atoms with Crippen molar-refractivity contribution in [3.8, 4) is 35.0 Å². The highest BCUT2D eigenvalue weighted by molar-refractivity contribution is 5.91. The van der Waals surface area contributed by atoms with E-state index >= 15 is 0 Å². The summed E-state index contributed by atoms with van der Waals surface area (Å²) in [5, 5.41) is 2.89. The Morgan fingerprint density at radius 3 is 2.89 bits per heavy atom. The lowest BCUT2D eigenvalue weighted by molar-refractivity contribution is -0.114. The van der Waals surface area contributed by atoms with Crippen LogP contribution in [0.25, 0.3) is 11.1 Å². The number of terminal acetylenes is 1. The fourth-order valence-electron chi connectivity index (χ4n) is 4.38. The van der Waals surface area contributed by atoms with Gasteiger partial charge in [0, 0.05) is 30.8 Å². The van der Waals surface area contributed by atoms with Crippen molar-refractivity contribution in [2.75, 3.05) is 32.6 Å². The summed E-state index contributed by atoms with van der Waals surface area (Å²) in [5.74, 6) is 3.84. The van der Waals surface area contributed by atoms with E-state index in [1.54, 1.807) is 7.11 Å². The molecule has 0 saturated carbocycles. The van der Waals surface area contributed by atoms with Crippen LogP contribution in [0.1, 0.15) is 29.7 Å². The van der Waals surface area contributed by atoms with Crippen molar-refractivity contribution in [1.29, 1.82) is 0 Å². The number of fused-ring (bicyclic) bond motifs is 2. The lowest BCUT2D eigenvalue weighted by Gasteiger charge is -2.40. The molecular formula is C23H24N2O3. The molecule has 0 aromatic heterocycles. The van der Waals surface area contributed by atoms with E-state index in [-0.39, 0.29) is 18.6 Å². The molecule has 2 aliphatic rings. The maximum atomic E-state index is 11.6. The first-order chi connectivity index (χ1) is 13.5. The molecule has 28 heavy (non-hydrogen) atoms. The maximum Gasteiger partial charge on any atom is 0.221 e. The zero-order valence-corrected chi connectivity index (χ0v) is 16.5. The predicted molar refractivity (Wildman–Crippen MR) is 110 cm³/mol. The van der Waals surface area contributed by atoms with Crippen molar-refractivity contribution in [3.63, 3.8) is 0 Å². The van der Waals surface area contributed by atoms with Crippen molar-refractivity contribution in [1.82, 2.24) is 4.90 Å². The molecule has 1 heterocycles. The molecule has 1 aliphatic heterocycles. The molecule has 1 aliphatic carbocycles. The lowest BCUT2D eigenvalue weighted by Crippen LogP contribution is -2.35. The number of nitrogens with one attached hydrogen (secondary N) is 1. The Morgan fingerprint density at radius 1 is 1.36 bits per heavy atom. The Labute approximate surface area is 165 Å². The monoisotopic (exact) mass is 376 g/mol. The first kappa shape index (κ1) is 18.4. The molecule has 1 amide bonds. The highest BCUT2D eigenvalue weighted by atomic mass is 16.5. The smallest absolute Gasteiger partial charge is 0.221 e. The number of benzene rings is 2. The minimum absolute atomic E-state index is 0.0927. The number of amides is 1. The van der Waals surface area contributed by atoms with Gasteiger partial charge in [0.05, 0.1) is 7.11 Å². The molecular weight excluding hydrogens is 352 g/mol. The van der Waals surface area contributed by atoms with Gasteiger partial charge in [-0.2, -0.15) is 0 Å². The zero-order chi connectivity index (χ0) is 19.8. The quantitative estimate of drug-likeness (QED) is 0.831. The topological polar surface area (TPSA) is 50.8 Å². The molecule has 1 atom stereocenters. The van der Waals surface area contributed by atoms with Gasteiger partial charge in [0.1, 0.15) is 6.61 Å². The van der Waals surface area contributed by atoms with Crippen LogP contribution in [-0.4, -0.2) is 38.1 Å². The van der Waals surface area contributed by atoms with Crippen LogP contribution in [0.2, 0.25) is 0 Å². The molecule has 0 fully saturated rings. The van der Waals surface area contributed by atoms with Gasteiger partial charge in [-0.15, -0.1) is 6.42 Å². The molecule has 1 N–H and O–H groups in total. The summed E-state index contributed by atoms with van der Waals surface area (Å²) >= 11 is 0. The molecule has 5 heteroatoms. The molecule has 2 aromatic rings. The second-order valence-corrected chi connectivity index (χ2v) is 7.35. The third kappa shape index (κ3) is 3.00. The summed E-state index contributed by atoms with van der Waals surface area (Å²) in [7, 11) is 3.82. The minimum atomic E-state index is -0.0927. The van der Waals surface area contributed by atoms with Crippen molar-refractivity contribution in [3.05, 3.63) is 41.0 Å². The second-order valence-electron chi connectivity index (χ2n) is 7.35. The van der Waals surface area contributed by atoms with Crippen LogP contribution in [0.3, 0.4) is 0 Å². The number of carbonyl (C=O) groups is 1. The normalized spacial score (nSPS) is 17.1. The Hall–Kier alpha value is -2.97. The number of anilines is 1. The maximum absolute atomic E-state index is 11.6. The van der Waals surface area contributed by atoms with Gasteiger partial charge in [-0.25, -0.2) is 0 Å². The van der Waals surface area contributed by atoms with E-state index in [0.717, 1.165) is 36.2 Å². The van der Waals surface area contributed by atoms with Crippen LogP contribution in [-0.2, 0) is 17.6 Å². The molecule has 5 nitrogen and oxygen atoms in total. The molecule has 0 spiro atoms. The van der Waals surface area contributed by atoms with Gasteiger partial charge in [-0.3, -0.25) is 9.69 Å². The molecule has 0 bridgehead atoms. The Morgan fingerprint density at radius 2 is 2.18 bits per heavy atom. The van der Waals surface area contributed by atoms with Crippen molar-refractivity contribution >= 4 is 11.6 Å². The summed E-state index contributed by atoms with van der Waals surface area (Å²) < 4.78 is 11.7. The molecule has 2 aromatic carbocycles. The average molecular weight is 376 g/mol. The Balaban J connectivity index is 1.99. The number of likely N-dealkylation sites (N-methyl/N-ethyl adjacent to an activating group) is 1. The van der Waals surface area contributed by atoms with Gasteiger partial charge in [-0.1, -0.05) is 12.0 Å². The number of nitrogens with zero attached hydrogens (tertiary/aromatic N) is 1. The van der Waals surface area contributed by atoms with Gasteiger partial charge in [0.25, 0.3) is 0 Å². The van der Waals surface area contributed by atoms with E-state index in [1.165, 1.54) is 23.6 Å². The van der Waals surface area contributed by atoms with Crippen molar-refractivity contribution < 1.29 is 14.3 Å². The summed E-state index contributed by atoms with van der Waals surface area (Å²) in [4.78, 5) is 14.0. The lowest BCUT2D eigenvalue weighted by atomic mass is 9.76. The Kier molecular flexibility index (Phi) is 4.74. The van der Waals surface area contributed by atoms with Crippen LogP contribution < -0.4 is 14.8 Å². The standard InChI is InChI=1S/C23H24N2O3/c1-5-10-28-23-20(27-4)12-16-8-9-25(3)19-11-15-6-7-17(24-14(2)26)13-18(15)22(23)21(16)19/h1,6-7,12-13,19H,8-11H2,2-4H3,(H,24,26).